The number of hydrogen-bond donors (Lipinski definition) is 0. The van der Waals surface area contributed by atoms with E-state index in [-0.39, 0.29) is 20.1 Å². The first-order chi connectivity index (χ1) is 11.0. The van der Waals surface area contributed by atoms with Crippen LogP contribution in [0.1, 0.15) is 22.3 Å². The number of rotatable bonds is 2. The third-order valence-corrected chi connectivity index (χ3v) is 4.07. The van der Waals surface area contributed by atoms with Crippen LogP contribution in [0.3, 0.4) is 0 Å². The van der Waals surface area contributed by atoms with Gasteiger partial charge >= 0.3 is 12.4 Å². The Labute approximate surface area is 150 Å². The maximum absolute atomic E-state index is 13.0. The SMILES string of the molecule is FC(F)(F)c1cc(Br)ccc1/C=C/c1ccc(Br)cc1C(F)(F)F. The average molecular weight is 474 g/mol. The predicted octanol–water partition coefficient (Wildman–Crippen LogP) is 7.42. The Kier molecular flexibility index (Phi) is 5.49. The van der Waals surface area contributed by atoms with Gasteiger partial charge in [0.25, 0.3) is 0 Å². The third kappa shape index (κ3) is 4.63. The van der Waals surface area contributed by atoms with Crippen molar-refractivity contribution in [2.45, 2.75) is 12.4 Å². The Morgan fingerprint density at radius 1 is 0.625 bits per heavy atom. The Morgan fingerprint density at radius 3 is 1.25 bits per heavy atom. The predicted molar refractivity (Wildman–Crippen MR) is 87.2 cm³/mol. The summed E-state index contributed by atoms with van der Waals surface area (Å²) in [6.07, 6.45) is -7.19. The number of alkyl halides is 6. The highest BCUT2D eigenvalue weighted by molar-refractivity contribution is 9.10. The molecule has 0 aromatic heterocycles. The zero-order chi connectivity index (χ0) is 18.1. The minimum atomic E-state index is -4.62. The molecule has 0 unspecified atom stereocenters. The van der Waals surface area contributed by atoms with Crippen LogP contribution in [-0.2, 0) is 12.4 Å². The van der Waals surface area contributed by atoms with E-state index < -0.39 is 23.5 Å². The Hall–Kier alpha value is -1.28. The lowest BCUT2D eigenvalue weighted by atomic mass is 10.0. The van der Waals surface area contributed by atoms with Crippen LogP contribution in [0, 0.1) is 0 Å². The van der Waals surface area contributed by atoms with E-state index in [2.05, 4.69) is 31.9 Å². The van der Waals surface area contributed by atoms with Crippen LogP contribution in [0.25, 0.3) is 12.2 Å². The van der Waals surface area contributed by atoms with Crippen molar-refractivity contribution >= 4 is 44.0 Å². The van der Waals surface area contributed by atoms with E-state index in [0.29, 0.717) is 0 Å². The van der Waals surface area contributed by atoms with E-state index in [1.165, 1.54) is 24.3 Å². The minimum Gasteiger partial charge on any atom is -0.166 e. The molecule has 0 fully saturated rings. The summed E-state index contributed by atoms with van der Waals surface area (Å²) in [6, 6.07) is 6.92. The zero-order valence-corrected chi connectivity index (χ0v) is 14.8. The molecule has 0 aliphatic carbocycles. The van der Waals surface area contributed by atoms with Crippen molar-refractivity contribution in [1.29, 1.82) is 0 Å². The number of hydrogen-bond acceptors (Lipinski definition) is 0. The van der Waals surface area contributed by atoms with E-state index in [1.807, 2.05) is 0 Å². The second-order valence-electron chi connectivity index (χ2n) is 4.79. The van der Waals surface area contributed by atoms with E-state index in [4.69, 9.17) is 0 Å². The fourth-order valence-electron chi connectivity index (χ4n) is 2.02. The molecule has 24 heavy (non-hydrogen) atoms. The largest absolute Gasteiger partial charge is 0.417 e. The van der Waals surface area contributed by atoms with Gasteiger partial charge in [-0.1, -0.05) is 56.1 Å². The molecule has 0 spiro atoms. The Balaban J connectivity index is 2.50. The third-order valence-electron chi connectivity index (χ3n) is 3.08. The topological polar surface area (TPSA) is 0 Å². The van der Waals surface area contributed by atoms with Gasteiger partial charge in [-0.25, -0.2) is 0 Å². The molecular formula is C16H8Br2F6. The molecule has 0 aliphatic heterocycles. The summed E-state index contributed by atoms with van der Waals surface area (Å²) in [6.45, 7) is 0. The summed E-state index contributed by atoms with van der Waals surface area (Å²) >= 11 is 5.90. The maximum atomic E-state index is 13.0. The first-order valence-corrected chi connectivity index (χ1v) is 7.98. The van der Waals surface area contributed by atoms with Gasteiger partial charge in [-0.05, 0) is 35.4 Å². The fourth-order valence-corrected chi connectivity index (χ4v) is 2.74. The van der Waals surface area contributed by atoms with Crippen molar-refractivity contribution in [1.82, 2.24) is 0 Å². The van der Waals surface area contributed by atoms with E-state index in [1.54, 1.807) is 0 Å². The molecule has 0 aliphatic rings. The van der Waals surface area contributed by atoms with Crippen LogP contribution < -0.4 is 0 Å². The minimum absolute atomic E-state index is 0.221. The van der Waals surface area contributed by atoms with Crippen LogP contribution >= 0.6 is 31.9 Å². The van der Waals surface area contributed by atoms with Crippen LogP contribution in [0.15, 0.2) is 45.3 Å². The summed E-state index contributed by atoms with van der Waals surface area (Å²) in [4.78, 5) is 0. The van der Waals surface area contributed by atoms with Crippen LogP contribution in [-0.4, -0.2) is 0 Å². The summed E-state index contributed by atoms with van der Waals surface area (Å²) in [5.41, 5.74) is -2.30. The summed E-state index contributed by atoms with van der Waals surface area (Å²) < 4.78 is 78.7. The lowest BCUT2D eigenvalue weighted by molar-refractivity contribution is -0.138. The van der Waals surface area contributed by atoms with Gasteiger partial charge < -0.3 is 0 Å². The summed E-state index contributed by atoms with van der Waals surface area (Å²) in [7, 11) is 0. The van der Waals surface area contributed by atoms with Gasteiger partial charge in [0, 0.05) is 8.95 Å². The van der Waals surface area contributed by atoms with Gasteiger partial charge in [-0.15, -0.1) is 0 Å². The molecule has 0 saturated heterocycles. The normalized spacial score (nSPS) is 12.8. The molecule has 0 atom stereocenters. The molecule has 8 heteroatoms. The van der Waals surface area contributed by atoms with E-state index in [0.717, 1.165) is 24.3 Å². The van der Waals surface area contributed by atoms with Crippen molar-refractivity contribution in [3.05, 3.63) is 67.6 Å². The molecule has 0 radical (unpaired) electrons. The molecule has 0 saturated carbocycles. The lowest BCUT2D eigenvalue weighted by Gasteiger charge is -2.12. The molecular weight excluding hydrogens is 466 g/mol. The molecule has 0 amide bonds. The second-order valence-corrected chi connectivity index (χ2v) is 6.62. The fraction of sp³-hybridized carbons (Fsp3) is 0.125. The highest BCUT2D eigenvalue weighted by Gasteiger charge is 2.34. The maximum Gasteiger partial charge on any atom is 0.417 e. The van der Waals surface area contributed by atoms with E-state index >= 15 is 0 Å². The first kappa shape index (κ1) is 19.1. The van der Waals surface area contributed by atoms with Crippen LogP contribution in [0.4, 0.5) is 26.3 Å². The quantitative estimate of drug-likeness (QED) is 0.314. The molecule has 0 bridgehead atoms. The number of benzene rings is 2. The highest BCUT2D eigenvalue weighted by Crippen LogP contribution is 2.37. The van der Waals surface area contributed by atoms with Gasteiger partial charge in [0.2, 0.25) is 0 Å². The van der Waals surface area contributed by atoms with Gasteiger partial charge in [0.1, 0.15) is 0 Å². The second kappa shape index (κ2) is 6.92. The summed E-state index contributed by atoms with van der Waals surface area (Å²) in [5, 5.41) is 0. The van der Waals surface area contributed by atoms with Crippen molar-refractivity contribution < 1.29 is 26.3 Å². The molecule has 0 N–H and O–H groups in total. The zero-order valence-electron chi connectivity index (χ0n) is 11.6. The van der Waals surface area contributed by atoms with Crippen LogP contribution in [0.2, 0.25) is 0 Å². The lowest BCUT2D eigenvalue weighted by Crippen LogP contribution is -2.08. The van der Waals surface area contributed by atoms with Gasteiger partial charge in [0.15, 0.2) is 0 Å². The molecule has 0 nitrogen and oxygen atoms in total. The van der Waals surface area contributed by atoms with Gasteiger partial charge in [0.05, 0.1) is 11.1 Å². The first-order valence-electron chi connectivity index (χ1n) is 6.40. The van der Waals surface area contributed by atoms with E-state index in [9.17, 15) is 26.3 Å². The Morgan fingerprint density at radius 2 is 0.958 bits per heavy atom. The Bertz CT molecular complexity index is 710. The monoisotopic (exact) mass is 472 g/mol. The van der Waals surface area contributed by atoms with Gasteiger partial charge in [-0.3, -0.25) is 0 Å². The van der Waals surface area contributed by atoms with Crippen molar-refractivity contribution in [3.63, 3.8) is 0 Å². The highest BCUT2D eigenvalue weighted by atomic mass is 79.9. The molecule has 2 aromatic carbocycles. The average Bonchev–Trinajstić information content (AvgIpc) is 2.45. The van der Waals surface area contributed by atoms with Crippen molar-refractivity contribution in [3.8, 4) is 0 Å². The standard InChI is InChI=1S/C16H8Br2F6/c17-11-5-3-9(13(7-11)15(19,20)21)1-2-10-4-6-12(18)8-14(10)16(22,23)24/h1-8H/b2-1+. The smallest absolute Gasteiger partial charge is 0.166 e. The summed E-state index contributed by atoms with van der Waals surface area (Å²) in [5.74, 6) is 0. The number of halogens is 8. The van der Waals surface area contributed by atoms with Crippen LogP contribution in [0.5, 0.6) is 0 Å². The molecule has 2 rings (SSSR count). The molecule has 2 aromatic rings. The van der Waals surface area contributed by atoms with Crippen molar-refractivity contribution in [2.75, 3.05) is 0 Å². The molecule has 0 heterocycles. The van der Waals surface area contributed by atoms with Gasteiger partial charge in [-0.2, -0.15) is 26.3 Å². The molecule has 128 valence electrons. The van der Waals surface area contributed by atoms with Crippen molar-refractivity contribution in [2.24, 2.45) is 0 Å².